The topological polar surface area (TPSA) is 121 Å². The molecule has 1 aromatic heterocycles. The maximum absolute atomic E-state index is 13.0. The highest BCUT2D eigenvalue weighted by atomic mass is 35.5. The summed E-state index contributed by atoms with van der Waals surface area (Å²) in [6.07, 6.45) is 0.612. The Balaban J connectivity index is 1.33. The van der Waals surface area contributed by atoms with Gasteiger partial charge in [-0.3, -0.25) is 23.9 Å². The molecule has 9 nitrogen and oxygen atoms in total. The lowest BCUT2D eigenvalue weighted by Crippen LogP contribution is -2.34. The molecule has 2 N–H and O–H groups in total. The van der Waals surface area contributed by atoms with E-state index in [4.69, 9.17) is 11.6 Å². The lowest BCUT2D eigenvalue weighted by molar-refractivity contribution is -0.118. The van der Waals surface area contributed by atoms with Crippen molar-refractivity contribution in [3.05, 3.63) is 98.2 Å². The number of nitrogens with one attached hydrogen (secondary N) is 2. The van der Waals surface area contributed by atoms with E-state index in [0.29, 0.717) is 35.2 Å². The Bertz CT molecular complexity index is 1730. The number of H-pyrrole nitrogens is 1. The van der Waals surface area contributed by atoms with Gasteiger partial charge in [-0.25, -0.2) is 13.2 Å². The van der Waals surface area contributed by atoms with Gasteiger partial charge in [0.1, 0.15) is 4.90 Å². The van der Waals surface area contributed by atoms with E-state index < -0.39 is 21.3 Å². The van der Waals surface area contributed by atoms with Crippen LogP contribution in [0, 0.1) is 0 Å². The Morgan fingerprint density at radius 3 is 2.58 bits per heavy atom. The Labute approximate surface area is 211 Å². The molecule has 0 bridgehead atoms. The van der Waals surface area contributed by atoms with E-state index in [2.05, 4.69) is 9.71 Å². The minimum atomic E-state index is -3.88. The van der Waals surface area contributed by atoms with E-state index in [1.165, 1.54) is 16.7 Å². The van der Waals surface area contributed by atoms with Crippen LogP contribution in [0.1, 0.15) is 12.0 Å². The summed E-state index contributed by atoms with van der Waals surface area (Å²) in [5, 5.41) is 0.500. The molecule has 0 aliphatic carbocycles. The molecule has 1 aliphatic rings. The number of hydrogen-bond acceptors (Lipinski definition) is 5. The molecular formula is C25H21ClN4O5S. The number of nitrogens with zero attached hydrogens (tertiary/aromatic N) is 2. The van der Waals surface area contributed by atoms with Crippen LogP contribution >= 0.6 is 11.6 Å². The zero-order chi connectivity index (χ0) is 25.4. The number of carbonyl (C=O) groups is 1. The standard InChI is InChI=1S/C25H21ClN4O5S/c26-19-6-2-4-8-22(19)36(34,35)28-17-9-10-20-16(15-17)11-13-29(20)23(31)12-14-30-21-7-3-1-5-18(21)24(32)27-25(30)33/h1-10,15,28H,11-14H2,(H,27,32,33). The number of aryl methyl sites for hydroxylation is 1. The van der Waals surface area contributed by atoms with Gasteiger partial charge in [-0.05, 0) is 54.4 Å². The van der Waals surface area contributed by atoms with Crippen molar-refractivity contribution >= 4 is 49.8 Å². The van der Waals surface area contributed by atoms with Crippen LogP contribution < -0.4 is 20.9 Å². The summed E-state index contributed by atoms with van der Waals surface area (Å²) in [5.74, 6) is -0.180. The summed E-state index contributed by atoms with van der Waals surface area (Å²) in [7, 11) is -3.88. The molecule has 0 saturated heterocycles. The van der Waals surface area contributed by atoms with E-state index in [-0.39, 0.29) is 28.8 Å². The number of carbonyl (C=O) groups excluding carboxylic acids is 1. The normalized spacial score (nSPS) is 13.1. The Morgan fingerprint density at radius 1 is 1.03 bits per heavy atom. The Kier molecular flexibility index (Phi) is 6.15. The molecule has 1 aliphatic heterocycles. The van der Waals surface area contributed by atoms with Crippen molar-refractivity contribution in [3.8, 4) is 0 Å². The fraction of sp³-hybridized carbons (Fsp3) is 0.160. The number of aromatic amines is 1. The number of anilines is 2. The minimum absolute atomic E-state index is 0.0195. The number of rotatable bonds is 6. The van der Waals surface area contributed by atoms with E-state index >= 15 is 0 Å². The van der Waals surface area contributed by atoms with E-state index in [1.54, 1.807) is 59.5 Å². The monoisotopic (exact) mass is 524 g/mol. The molecule has 0 saturated carbocycles. The highest BCUT2D eigenvalue weighted by Gasteiger charge is 2.26. The predicted molar refractivity (Wildman–Crippen MR) is 138 cm³/mol. The van der Waals surface area contributed by atoms with Crippen LogP contribution in [0.25, 0.3) is 10.9 Å². The van der Waals surface area contributed by atoms with Crippen molar-refractivity contribution in [2.45, 2.75) is 24.3 Å². The van der Waals surface area contributed by atoms with Gasteiger partial charge in [0.15, 0.2) is 0 Å². The number of para-hydroxylation sites is 1. The third-order valence-electron chi connectivity index (χ3n) is 6.11. The highest BCUT2D eigenvalue weighted by Crippen LogP contribution is 2.32. The van der Waals surface area contributed by atoms with Gasteiger partial charge in [-0.15, -0.1) is 0 Å². The molecule has 0 atom stereocenters. The average Bonchev–Trinajstić information content (AvgIpc) is 3.27. The Morgan fingerprint density at radius 2 is 1.78 bits per heavy atom. The fourth-order valence-corrected chi connectivity index (χ4v) is 5.97. The van der Waals surface area contributed by atoms with Gasteiger partial charge in [0.2, 0.25) is 5.91 Å². The molecule has 4 aromatic rings. The third-order valence-corrected chi connectivity index (χ3v) is 7.99. The number of hydrogen-bond donors (Lipinski definition) is 2. The molecule has 0 spiro atoms. The summed E-state index contributed by atoms with van der Waals surface area (Å²) in [5.41, 5.74) is 1.33. The number of aromatic nitrogens is 2. The van der Waals surface area contributed by atoms with Crippen molar-refractivity contribution in [1.82, 2.24) is 9.55 Å². The molecule has 11 heteroatoms. The predicted octanol–water partition coefficient (Wildman–Crippen LogP) is 3.12. The van der Waals surface area contributed by atoms with Crippen molar-refractivity contribution in [2.75, 3.05) is 16.2 Å². The fourth-order valence-electron chi connectivity index (χ4n) is 4.40. The zero-order valence-electron chi connectivity index (χ0n) is 18.9. The number of amides is 1. The number of halogens is 1. The number of sulfonamides is 1. The summed E-state index contributed by atoms with van der Waals surface area (Å²) < 4.78 is 29.4. The van der Waals surface area contributed by atoms with Gasteiger partial charge in [0.05, 0.1) is 15.9 Å². The second-order valence-electron chi connectivity index (χ2n) is 8.35. The van der Waals surface area contributed by atoms with Gasteiger partial charge in [-0.2, -0.15) is 0 Å². The third kappa shape index (κ3) is 4.40. The first-order valence-corrected chi connectivity index (χ1v) is 13.0. The second kappa shape index (κ2) is 9.29. The maximum atomic E-state index is 13.0. The molecule has 0 unspecified atom stereocenters. The van der Waals surface area contributed by atoms with Crippen molar-refractivity contribution < 1.29 is 13.2 Å². The molecule has 2 heterocycles. The highest BCUT2D eigenvalue weighted by molar-refractivity contribution is 7.92. The molecule has 36 heavy (non-hydrogen) atoms. The molecular weight excluding hydrogens is 504 g/mol. The van der Waals surface area contributed by atoms with Gasteiger partial charge in [0, 0.05) is 30.9 Å². The van der Waals surface area contributed by atoms with Crippen molar-refractivity contribution in [2.24, 2.45) is 0 Å². The van der Waals surface area contributed by atoms with Crippen LogP contribution in [0.2, 0.25) is 5.02 Å². The van der Waals surface area contributed by atoms with Gasteiger partial charge in [0.25, 0.3) is 15.6 Å². The smallest absolute Gasteiger partial charge is 0.312 e. The lowest BCUT2D eigenvalue weighted by Gasteiger charge is -2.18. The second-order valence-corrected chi connectivity index (χ2v) is 10.4. The van der Waals surface area contributed by atoms with Crippen LogP contribution in [-0.4, -0.2) is 30.4 Å². The van der Waals surface area contributed by atoms with Gasteiger partial charge < -0.3 is 4.90 Å². The van der Waals surface area contributed by atoms with Crippen LogP contribution in [0.4, 0.5) is 11.4 Å². The Hall–Kier alpha value is -3.89. The zero-order valence-corrected chi connectivity index (χ0v) is 20.5. The summed E-state index contributed by atoms with van der Waals surface area (Å²) in [6.45, 7) is 0.548. The van der Waals surface area contributed by atoms with Crippen molar-refractivity contribution in [3.63, 3.8) is 0 Å². The lowest BCUT2D eigenvalue weighted by atomic mass is 10.1. The minimum Gasteiger partial charge on any atom is -0.312 e. The molecule has 3 aromatic carbocycles. The van der Waals surface area contributed by atoms with Crippen LogP contribution in [0.3, 0.4) is 0 Å². The quantitative estimate of drug-likeness (QED) is 0.401. The van der Waals surface area contributed by atoms with Crippen LogP contribution in [0.15, 0.2) is 81.2 Å². The number of benzene rings is 3. The average molecular weight is 525 g/mol. The summed E-state index contributed by atoms with van der Waals surface area (Å²) in [6, 6.07) is 17.9. The van der Waals surface area contributed by atoms with E-state index in [9.17, 15) is 22.8 Å². The first-order chi connectivity index (χ1) is 17.2. The molecule has 1 amide bonds. The first-order valence-electron chi connectivity index (χ1n) is 11.2. The first kappa shape index (κ1) is 23.8. The number of fused-ring (bicyclic) bond motifs is 2. The van der Waals surface area contributed by atoms with Crippen LogP contribution in [0.5, 0.6) is 0 Å². The van der Waals surface area contributed by atoms with Gasteiger partial charge >= 0.3 is 5.69 Å². The van der Waals surface area contributed by atoms with Crippen molar-refractivity contribution in [1.29, 1.82) is 0 Å². The summed E-state index contributed by atoms with van der Waals surface area (Å²) >= 11 is 6.04. The van der Waals surface area contributed by atoms with E-state index in [1.807, 2.05) is 0 Å². The van der Waals surface area contributed by atoms with Crippen LogP contribution in [-0.2, 0) is 27.8 Å². The molecule has 5 rings (SSSR count). The SMILES string of the molecule is O=C(CCn1c(=O)[nH]c(=O)c2ccccc21)N1CCc2cc(NS(=O)(=O)c3ccccc3Cl)ccc21. The maximum Gasteiger partial charge on any atom is 0.328 e. The van der Waals surface area contributed by atoms with Gasteiger partial charge in [-0.1, -0.05) is 35.9 Å². The largest absolute Gasteiger partial charge is 0.328 e. The molecule has 0 fully saturated rings. The molecule has 184 valence electrons. The van der Waals surface area contributed by atoms with E-state index in [0.717, 1.165) is 5.56 Å². The summed E-state index contributed by atoms with van der Waals surface area (Å²) in [4.78, 5) is 41.4. The molecule has 0 radical (unpaired) electrons.